The first kappa shape index (κ1) is 22.8. The molecule has 0 amide bonds. The molecule has 172 valence electrons. The maximum atomic E-state index is 6.66. The quantitative estimate of drug-likeness (QED) is 0.258. The van der Waals surface area contributed by atoms with Gasteiger partial charge in [-0.3, -0.25) is 0 Å². The van der Waals surface area contributed by atoms with Crippen LogP contribution in [0.15, 0.2) is 67.4 Å². The molecule has 9 heteroatoms. The second-order valence-corrected chi connectivity index (χ2v) is 10.8. The smallest absolute Gasteiger partial charge is 0.149 e. The highest BCUT2D eigenvalue weighted by atomic mass is 35.5. The highest BCUT2D eigenvalue weighted by Crippen LogP contribution is 2.41. The van der Waals surface area contributed by atoms with Crippen molar-refractivity contribution in [2.45, 2.75) is 32.7 Å². The fourth-order valence-electron chi connectivity index (χ4n) is 3.76. The number of rotatable bonds is 5. The van der Waals surface area contributed by atoms with Crippen molar-refractivity contribution in [1.29, 1.82) is 0 Å². The standard InChI is InChI=1S/C25H22Cl2N6S/c1-25(2,3)24-31-30-23(34-24)19-13-33(21-7-5-4-6-20(21)27)22(16-8-10-17(26)11-9-16)18(19)12-32-15-28-14-29-32/h4-11,13-15H,12H2,1-3H3. The van der Waals surface area contributed by atoms with Crippen molar-refractivity contribution >= 4 is 34.5 Å². The van der Waals surface area contributed by atoms with Crippen LogP contribution in [0.5, 0.6) is 0 Å². The molecule has 5 aromatic rings. The molecule has 0 aliphatic rings. The highest BCUT2D eigenvalue weighted by Gasteiger charge is 2.26. The minimum Gasteiger partial charge on any atom is -0.314 e. The van der Waals surface area contributed by atoms with Crippen LogP contribution in [-0.4, -0.2) is 29.5 Å². The Morgan fingerprint density at radius 1 is 0.971 bits per heavy atom. The van der Waals surface area contributed by atoms with Gasteiger partial charge in [-0.2, -0.15) is 5.10 Å². The van der Waals surface area contributed by atoms with E-state index < -0.39 is 0 Å². The van der Waals surface area contributed by atoms with Crippen molar-refractivity contribution in [1.82, 2.24) is 29.5 Å². The Bertz CT molecular complexity index is 1430. The Balaban J connectivity index is 1.80. The first-order chi connectivity index (χ1) is 16.3. The van der Waals surface area contributed by atoms with Crippen LogP contribution in [0.3, 0.4) is 0 Å². The van der Waals surface area contributed by atoms with Crippen molar-refractivity contribution in [2.24, 2.45) is 0 Å². The number of nitrogens with zero attached hydrogens (tertiary/aromatic N) is 6. The summed E-state index contributed by atoms with van der Waals surface area (Å²) in [6.07, 6.45) is 5.34. The summed E-state index contributed by atoms with van der Waals surface area (Å²) >= 11 is 14.5. The number of hydrogen-bond acceptors (Lipinski definition) is 5. The molecule has 0 saturated heterocycles. The van der Waals surface area contributed by atoms with E-state index in [1.54, 1.807) is 22.3 Å². The molecule has 5 rings (SSSR count). The average Bonchev–Trinajstić information content (AvgIpc) is 3.55. The Kier molecular flexibility index (Phi) is 6.02. The molecule has 3 aromatic heterocycles. The topological polar surface area (TPSA) is 61.4 Å². The van der Waals surface area contributed by atoms with Gasteiger partial charge in [-0.15, -0.1) is 10.2 Å². The summed E-state index contributed by atoms with van der Waals surface area (Å²) in [5.41, 5.74) is 4.80. The Morgan fingerprint density at radius 2 is 1.74 bits per heavy atom. The van der Waals surface area contributed by atoms with E-state index in [9.17, 15) is 0 Å². The maximum Gasteiger partial charge on any atom is 0.149 e. The summed E-state index contributed by atoms with van der Waals surface area (Å²) in [5, 5.41) is 16.6. The molecule has 0 atom stereocenters. The lowest BCUT2D eigenvalue weighted by atomic mass is 9.98. The van der Waals surface area contributed by atoms with Crippen molar-refractivity contribution in [3.8, 4) is 27.5 Å². The molecule has 0 N–H and O–H groups in total. The Morgan fingerprint density at radius 3 is 2.38 bits per heavy atom. The molecule has 0 aliphatic carbocycles. The van der Waals surface area contributed by atoms with Gasteiger partial charge >= 0.3 is 0 Å². The number of hydrogen-bond donors (Lipinski definition) is 0. The SMILES string of the molecule is CC(C)(C)c1nnc(-c2cn(-c3ccccc3Cl)c(-c3ccc(Cl)cc3)c2Cn2cncn2)s1. The molecule has 0 spiro atoms. The fourth-order valence-corrected chi connectivity index (χ4v) is 5.05. The van der Waals surface area contributed by atoms with Crippen molar-refractivity contribution in [2.75, 3.05) is 0 Å². The zero-order valence-electron chi connectivity index (χ0n) is 18.9. The van der Waals surface area contributed by atoms with Crippen LogP contribution >= 0.6 is 34.5 Å². The van der Waals surface area contributed by atoms with Gasteiger partial charge in [0, 0.05) is 27.8 Å². The van der Waals surface area contributed by atoms with Crippen LogP contribution in [0.4, 0.5) is 0 Å². The number of benzene rings is 2. The third-order valence-corrected chi connectivity index (χ3v) is 7.38. The zero-order chi connectivity index (χ0) is 23.9. The first-order valence-corrected chi connectivity index (χ1v) is 12.3. The molecule has 6 nitrogen and oxygen atoms in total. The lowest BCUT2D eigenvalue weighted by Gasteiger charge is -2.14. The normalized spacial score (nSPS) is 11.8. The maximum absolute atomic E-state index is 6.66. The number of para-hydroxylation sites is 1. The zero-order valence-corrected chi connectivity index (χ0v) is 21.2. The third-order valence-electron chi connectivity index (χ3n) is 5.42. The van der Waals surface area contributed by atoms with Gasteiger partial charge in [0.2, 0.25) is 0 Å². The molecular formula is C25H22Cl2N6S. The van der Waals surface area contributed by atoms with E-state index in [2.05, 4.69) is 51.8 Å². The summed E-state index contributed by atoms with van der Waals surface area (Å²) in [6.45, 7) is 6.93. The minimum atomic E-state index is -0.0910. The van der Waals surface area contributed by atoms with Crippen LogP contribution < -0.4 is 0 Å². The van der Waals surface area contributed by atoms with Gasteiger partial charge in [0.25, 0.3) is 0 Å². The first-order valence-electron chi connectivity index (χ1n) is 10.7. The summed E-state index contributed by atoms with van der Waals surface area (Å²) < 4.78 is 3.92. The van der Waals surface area contributed by atoms with Gasteiger partial charge in [0.05, 0.1) is 22.9 Å². The second-order valence-electron chi connectivity index (χ2n) is 8.95. The van der Waals surface area contributed by atoms with Gasteiger partial charge in [0.1, 0.15) is 22.7 Å². The molecule has 0 fully saturated rings. The molecule has 2 aromatic carbocycles. The summed E-state index contributed by atoms with van der Waals surface area (Å²) in [5.74, 6) is 0. The lowest BCUT2D eigenvalue weighted by molar-refractivity contribution is 0.578. The van der Waals surface area contributed by atoms with Crippen LogP contribution in [0.25, 0.3) is 27.5 Å². The number of halogens is 2. The van der Waals surface area contributed by atoms with Crippen LogP contribution in [0.2, 0.25) is 10.0 Å². The molecule has 0 unspecified atom stereocenters. The monoisotopic (exact) mass is 508 g/mol. The largest absolute Gasteiger partial charge is 0.314 e. The van der Waals surface area contributed by atoms with E-state index >= 15 is 0 Å². The van der Waals surface area contributed by atoms with Crippen molar-refractivity contribution in [3.63, 3.8) is 0 Å². The van der Waals surface area contributed by atoms with Gasteiger partial charge in [-0.25, -0.2) is 9.67 Å². The van der Waals surface area contributed by atoms with Crippen LogP contribution in [-0.2, 0) is 12.0 Å². The predicted molar refractivity (Wildman–Crippen MR) is 138 cm³/mol. The molecular weight excluding hydrogens is 487 g/mol. The van der Waals surface area contributed by atoms with Crippen molar-refractivity contribution < 1.29 is 0 Å². The summed E-state index contributed by atoms with van der Waals surface area (Å²) in [6, 6.07) is 15.6. The average molecular weight is 509 g/mol. The van der Waals surface area contributed by atoms with Gasteiger partial charge < -0.3 is 4.57 Å². The fraction of sp³-hybridized carbons (Fsp3) is 0.200. The second kappa shape index (κ2) is 8.98. The lowest BCUT2D eigenvalue weighted by Crippen LogP contribution is -2.10. The van der Waals surface area contributed by atoms with E-state index in [0.717, 1.165) is 38.1 Å². The highest BCUT2D eigenvalue weighted by molar-refractivity contribution is 7.14. The Hall–Kier alpha value is -3.00. The van der Waals surface area contributed by atoms with Crippen LogP contribution in [0, 0.1) is 0 Å². The molecule has 0 saturated carbocycles. The Labute approximate surface area is 211 Å². The summed E-state index contributed by atoms with van der Waals surface area (Å²) in [7, 11) is 0. The van der Waals surface area contributed by atoms with Crippen molar-refractivity contribution in [3.05, 3.63) is 88.0 Å². The third kappa shape index (κ3) is 4.39. The van der Waals surface area contributed by atoms with Gasteiger partial charge in [-0.1, -0.05) is 79.6 Å². The molecule has 3 heterocycles. The van der Waals surface area contributed by atoms with E-state index in [1.807, 2.05) is 48.5 Å². The van der Waals surface area contributed by atoms with Crippen LogP contribution in [0.1, 0.15) is 31.3 Å². The van der Waals surface area contributed by atoms with E-state index in [1.165, 1.54) is 6.33 Å². The van der Waals surface area contributed by atoms with E-state index in [0.29, 0.717) is 16.6 Å². The van der Waals surface area contributed by atoms with E-state index in [-0.39, 0.29) is 5.41 Å². The van der Waals surface area contributed by atoms with E-state index in [4.69, 9.17) is 23.2 Å². The molecule has 34 heavy (non-hydrogen) atoms. The molecule has 0 aliphatic heterocycles. The predicted octanol–water partition coefficient (Wildman–Crippen LogP) is 6.91. The summed E-state index contributed by atoms with van der Waals surface area (Å²) in [4.78, 5) is 4.13. The molecule has 0 bridgehead atoms. The van der Waals surface area contributed by atoms with Gasteiger partial charge in [-0.05, 0) is 29.8 Å². The minimum absolute atomic E-state index is 0.0910. The molecule has 0 radical (unpaired) electrons. The number of aromatic nitrogens is 6. The van der Waals surface area contributed by atoms with Gasteiger partial charge in [0.15, 0.2) is 0 Å².